The Morgan fingerprint density at radius 3 is 2.62 bits per heavy atom. The van der Waals surface area contributed by atoms with Gasteiger partial charge in [0.2, 0.25) is 5.91 Å². The van der Waals surface area contributed by atoms with Crippen molar-refractivity contribution in [1.82, 2.24) is 10.2 Å². The molecule has 1 aromatic rings. The Hall–Kier alpha value is -1.56. The lowest BCUT2D eigenvalue weighted by molar-refractivity contribution is -0.145. The van der Waals surface area contributed by atoms with E-state index >= 15 is 0 Å². The average Bonchev–Trinajstić information content (AvgIpc) is 2.72. The number of alkyl halides is 3. The van der Waals surface area contributed by atoms with Gasteiger partial charge in [-0.25, -0.2) is 0 Å². The van der Waals surface area contributed by atoms with E-state index < -0.39 is 24.8 Å². The van der Waals surface area contributed by atoms with Gasteiger partial charge in [-0.2, -0.15) is 13.2 Å². The van der Waals surface area contributed by atoms with Crippen molar-refractivity contribution in [3.63, 3.8) is 0 Å². The van der Waals surface area contributed by atoms with Crippen LogP contribution in [0, 0.1) is 6.92 Å². The Morgan fingerprint density at radius 2 is 2.05 bits per heavy atom. The summed E-state index contributed by atoms with van der Waals surface area (Å²) in [6.07, 6.45) is -5.17. The van der Waals surface area contributed by atoms with Gasteiger partial charge in [-0.05, 0) is 18.9 Å². The first-order valence-corrected chi connectivity index (χ1v) is 7.01. The molecule has 2 rings (SSSR count). The summed E-state index contributed by atoms with van der Waals surface area (Å²) in [5, 5.41) is 3.13. The third-order valence-corrected chi connectivity index (χ3v) is 3.65. The fourth-order valence-electron chi connectivity index (χ4n) is 2.57. The molecule has 116 valence electrons. The van der Waals surface area contributed by atoms with Gasteiger partial charge in [0.15, 0.2) is 0 Å². The Balaban J connectivity index is 2.22. The smallest absolute Gasteiger partial charge is 0.321 e. The van der Waals surface area contributed by atoms with Crippen LogP contribution in [0.25, 0.3) is 0 Å². The molecule has 1 amide bonds. The Kier molecular flexibility index (Phi) is 4.56. The molecule has 6 heteroatoms. The van der Waals surface area contributed by atoms with Crippen molar-refractivity contribution in [2.45, 2.75) is 45.1 Å². The molecule has 1 heterocycles. The third kappa shape index (κ3) is 3.75. The van der Waals surface area contributed by atoms with Gasteiger partial charge < -0.3 is 4.90 Å². The number of benzene rings is 1. The second-order valence-electron chi connectivity index (χ2n) is 5.34. The lowest BCUT2D eigenvalue weighted by Gasteiger charge is -2.25. The van der Waals surface area contributed by atoms with Crippen LogP contribution in [0.1, 0.15) is 37.1 Å². The molecule has 0 bridgehead atoms. The highest BCUT2D eigenvalue weighted by Crippen LogP contribution is 2.29. The number of nitrogens with one attached hydrogen (secondary N) is 1. The van der Waals surface area contributed by atoms with E-state index in [0.29, 0.717) is 6.42 Å². The Bertz CT molecular complexity index is 516. The van der Waals surface area contributed by atoms with Crippen LogP contribution in [0.15, 0.2) is 24.3 Å². The van der Waals surface area contributed by atoms with E-state index in [2.05, 4.69) is 5.32 Å². The number of rotatable bonds is 4. The van der Waals surface area contributed by atoms with Crippen molar-refractivity contribution >= 4 is 5.91 Å². The predicted octanol–water partition coefficient (Wildman–Crippen LogP) is 3.16. The van der Waals surface area contributed by atoms with E-state index in [1.807, 2.05) is 38.1 Å². The van der Waals surface area contributed by atoms with Crippen LogP contribution in [-0.2, 0) is 4.79 Å². The molecule has 1 saturated heterocycles. The first-order valence-electron chi connectivity index (χ1n) is 7.01. The minimum atomic E-state index is -4.26. The first kappa shape index (κ1) is 15.8. The van der Waals surface area contributed by atoms with Gasteiger partial charge in [0.25, 0.3) is 0 Å². The number of halogens is 3. The molecule has 0 radical (unpaired) electrons. The number of aryl methyl sites for hydroxylation is 1. The average molecular weight is 300 g/mol. The molecule has 0 aliphatic carbocycles. The molecule has 0 aromatic heterocycles. The summed E-state index contributed by atoms with van der Waals surface area (Å²) in [6, 6.07) is 7.07. The van der Waals surface area contributed by atoms with Crippen LogP contribution in [0.4, 0.5) is 13.2 Å². The number of carbonyl (C=O) groups is 1. The van der Waals surface area contributed by atoms with E-state index in [1.54, 1.807) is 0 Å². The van der Waals surface area contributed by atoms with Crippen LogP contribution in [0.5, 0.6) is 0 Å². The minimum Gasteiger partial charge on any atom is -0.321 e. The molecule has 21 heavy (non-hydrogen) atoms. The highest BCUT2D eigenvalue weighted by molar-refractivity contribution is 5.84. The van der Waals surface area contributed by atoms with Crippen LogP contribution >= 0.6 is 0 Å². The summed E-state index contributed by atoms with van der Waals surface area (Å²) in [5.74, 6) is -0.256. The van der Waals surface area contributed by atoms with Crippen LogP contribution in [0.3, 0.4) is 0 Å². The van der Waals surface area contributed by atoms with Crippen molar-refractivity contribution in [3.05, 3.63) is 35.4 Å². The lowest BCUT2D eigenvalue weighted by atomic mass is 10.1. The highest BCUT2D eigenvalue weighted by atomic mass is 19.4. The normalized spacial score (nSPS) is 22.9. The number of amides is 1. The molecule has 1 aliphatic rings. The quantitative estimate of drug-likeness (QED) is 0.926. The number of hydrogen-bond acceptors (Lipinski definition) is 2. The summed E-state index contributed by atoms with van der Waals surface area (Å²) >= 11 is 0. The van der Waals surface area contributed by atoms with Crippen molar-refractivity contribution in [2.24, 2.45) is 0 Å². The van der Waals surface area contributed by atoms with Crippen LogP contribution in [-0.4, -0.2) is 29.6 Å². The molecule has 2 unspecified atom stereocenters. The third-order valence-electron chi connectivity index (χ3n) is 3.65. The van der Waals surface area contributed by atoms with Gasteiger partial charge in [-0.15, -0.1) is 0 Å². The number of carbonyl (C=O) groups excluding carboxylic acids is 1. The molecule has 2 atom stereocenters. The van der Waals surface area contributed by atoms with E-state index in [-0.39, 0.29) is 12.5 Å². The first-order chi connectivity index (χ1) is 9.81. The standard InChI is InChI=1S/C15H19F3N2O/c1-3-12-14(21)20(8-7-15(16,17)18)13(19-12)11-6-4-5-10(2)9-11/h4-6,9,12-13,19H,3,7-8H2,1-2H3. The molecular weight excluding hydrogens is 281 g/mol. The Morgan fingerprint density at radius 1 is 1.33 bits per heavy atom. The number of nitrogens with zero attached hydrogens (tertiary/aromatic N) is 1. The maximum Gasteiger partial charge on any atom is 0.390 e. The van der Waals surface area contributed by atoms with E-state index in [4.69, 9.17) is 0 Å². The van der Waals surface area contributed by atoms with E-state index in [1.165, 1.54) is 4.90 Å². The fourth-order valence-corrected chi connectivity index (χ4v) is 2.57. The SMILES string of the molecule is CCC1NC(c2cccc(C)c2)N(CCC(F)(F)F)C1=O. The highest BCUT2D eigenvalue weighted by Gasteiger charge is 2.40. The van der Waals surface area contributed by atoms with Crippen molar-refractivity contribution < 1.29 is 18.0 Å². The maximum absolute atomic E-state index is 12.5. The minimum absolute atomic E-state index is 0.256. The molecule has 1 aliphatic heterocycles. The predicted molar refractivity (Wildman–Crippen MR) is 73.5 cm³/mol. The van der Waals surface area contributed by atoms with E-state index in [9.17, 15) is 18.0 Å². The van der Waals surface area contributed by atoms with Gasteiger partial charge >= 0.3 is 6.18 Å². The van der Waals surface area contributed by atoms with Gasteiger partial charge in [-0.1, -0.05) is 36.8 Å². The summed E-state index contributed by atoms with van der Waals surface area (Å²) in [7, 11) is 0. The zero-order chi connectivity index (χ0) is 15.6. The van der Waals surface area contributed by atoms with Gasteiger partial charge in [0.05, 0.1) is 12.5 Å². The molecule has 3 nitrogen and oxygen atoms in total. The van der Waals surface area contributed by atoms with Gasteiger partial charge in [0.1, 0.15) is 6.17 Å². The fraction of sp³-hybridized carbons (Fsp3) is 0.533. The summed E-state index contributed by atoms with van der Waals surface area (Å²) in [4.78, 5) is 13.5. The van der Waals surface area contributed by atoms with Gasteiger partial charge in [0, 0.05) is 6.54 Å². The number of hydrogen-bond donors (Lipinski definition) is 1. The zero-order valence-corrected chi connectivity index (χ0v) is 12.1. The monoisotopic (exact) mass is 300 g/mol. The van der Waals surface area contributed by atoms with Crippen LogP contribution in [0.2, 0.25) is 0 Å². The summed E-state index contributed by atoms with van der Waals surface area (Å²) < 4.78 is 37.4. The topological polar surface area (TPSA) is 32.3 Å². The lowest BCUT2D eigenvalue weighted by Crippen LogP contribution is -2.34. The van der Waals surface area contributed by atoms with Crippen molar-refractivity contribution in [1.29, 1.82) is 0 Å². The molecule has 0 spiro atoms. The molecular formula is C15H19F3N2O. The molecule has 0 saturated carbocycles. The van der Waals surface area contributed by atoms with Crippen molar-refractivity contribution in [3.8, 4) is 0 Å². The van der Waals surface area contributed by atoms with Crippen LogP contribution < -0.4 is 5.32 Å². The second kappa shape index (κ2) is 6.05. The molecule has 1 N–H and O–H groups in total. The molecule has 1 fully saturated rings. The van der Waals surface area contributed by atoms with Crippen molar-refractivity contribution in [2.75, 3.05) is 6.54 Å². The largest absolute Gasteiger partial charge is 0.390 e. The maximum atomic E-state index is 12.5. The molecule has 1 aromatic carbocycles. The van der Waals surface area contributed by atoms with Gasteiger partial charge in [-0.3, -0.25) is 10.1 Å². The second-order valence-corrected chi connectivity index (χ2v) is 5.34. The van der Waals surface area contributed by atoms with E-state index in [0.717, 1.165) is 11.1 Å². The zero-order valence-electron chi connectivity index (χ0n) is 12.1. The summed E-state index contributed by atoms with van der Waals surface area (Å²) in [5.41, 5.74) is 1.83. The Labute approximate surface area is 122 Å². The summed E-state index contributed by atoms with van der Waals surface area (Å²) in [6.45, 7) is 3.44.